The van der Waals surface area contributed by atoms with Crippen molar-refractivity contribution >= 4 is 5.97 Å². The van der Waals surface area contributed by atoms with Crippen molar-refractivity contribution in [1.82, 2.24) is 0 Å². The maximum absolute atomic E-state index is 11.6. The van der Waals surface area contributed by atoms with Crippen LogP contribution in [0.3, 0.4) is 0 Å². The third-order valence-electron chi connectivity index (χ3n) is 10.5. The summed E-state index contributed by atoms with van der Waals surface area (Å²) >= 11 is 0. The number of carbonyl (C=O) groups is 1. The molecule has 0 amide bonds. The topological polar surface area (TPSA) is 66.8 Å². The van der Waals surface area contributed by atoms with E-state index in [-0.39, 0.29) is 28.6 Å². The van der Waals surface area contributed by atoms with E-state index in [1.165, 1.54) is 45.6 Å². The summed E-state index contributed by atoms with van der Waals surface area (Å²) in [7, 11) is 1.47. The summed E-state index contributed by atoms with van der Waals surface area (Å²) in [5.41, 5.74) is 0.409. The van der Waals surface area contributed by atoms with Crippen molar-refractivity contribution in [3.05, 3.63) is 0 Å². The standard InChI is InChI=1S/C25H42O4/c1-15(8-11-20(26)29-4)16-9-10-17-21-18(12-14-25(16,17)3)24(2)13-6-5-7-19(24)22(27)23(21)28/h15-19,21-23,27-28H,5-14H2,1-4H3/t15-,16+,17+,18+,19-,21-,22+,23-,24+,25+/m0/s1. The fourth-order valence-corrected chi connectivity index (χ4v) is 8.94. The van der Waals surface area contributed by atoms with Gasteiger partial charge in [-0.1, -0.05) is 33.6 Å². The normalized spacial score (nSPS) is 50.2. The van der Waals surface area contributed by atoms with Crippen LogP contribution < -0.4 is 0 Å². The molecule has 4 aliphatic carbocycles. The van der Waals surface area contributed by atoms with E-state index in [0.717, 1.165) is 19.3 Å². The van der Waals surface area contributed by atoms with Gasteiger partial charge in [0.05, 0.1) is 19.3 Å². The second kappa shape index (κ2) is 7.82. The number of ether oxygens (including phenoxy) is 1. The highest BCUT2D eigenvalue weighted by molar-refractivity contribution is 5.69. The van der Waals surface area contributed by atoms with Gasteiger partial charge in [0.15, 0.2) is 0 Å². The number of hydrogen-bond donors (Lipinski definition) is 2. The van der Waals surface area contributed by atoms with E-state index in [2.05, 4.69) is 20.8 Å². The summed E-state index contributed by atoms with van der Waals surface area (Å²) in [4.78, 5) is 11.6. The highest BCUT2D eigenvalue weighted by Crippen LogP contribution is 2.68. The summed E-state index contributed by atoms with van der Waals surface area (Å²) < 4.78 is 4.85. The molecule has 29 heavy (non-hydrogen) atoms. The molecule has 0 bridgehead atoms. The van der Waals surface area contributed by atoms with Gasteiger partial charge in [-0.05, 0) is 91.3 Å². The van der Waals surface area contributed by atoms with Crippen LogP contribution in [0.25, 0.3) is 0 Å². The number of rotatable bonds is 4. The Morgan fingerprint density at radius 1 is 0.966 bits per heavy atom. The third kappa shape index (κ3) is 3.28. The maximum atomic E-state index is 11.6. The zero-order valence-corrected chi connectivity index (χ0v) is 18.9. The van der Waals surface area contributed by atoms with Crippen molar-refractivity contribution in [1.29, 1.82) is 0 Å². The first kappa shape index (κ1) is 21.6. The van der Waals surface area contributed by atoms with Gasteiger partial charge in [-0.15, -0.1) is 0 Å². The lowest BCUT2D eigenvalue weighted by Gasteiger charge is -2.63. The quantitative estimate of drug-likeness (QED) is 0.671. The summed E-state index contributed by atoms with van der Waals surface area (Å²) in [5.74, 6) is 2.53. The number of aliphatic hydroxyl groups excluding tert-OH is 2. The highest BCUT2D eigenvalue weighted by Gasteiger charge is 2.64. The Balaban J connectivity index is 1.56. The van der Waals surface area contributed by atoms with E-state index in [1.807, 2.05) is 0 Å². The Morgan fingerprint density at radius 3 is 2.41 bits per heavy atom. The van der Waals surface area contributed by atoms with Crippen LogP contribution in [0, 0.1) is 46.3 Å². The molecule has 0 heterocycles. The lowest BCUT2D eigenvalue weighted by molar-refractivity contribution is -0.215. The van der Waals surface area contributed by atoms with Crippen LogP contribution in [-0.4, -0.2) is 35.5 Å². The lowest BCUT2D eigenvalue weighted by Crippen LogP contribution is -2.63. The van der Waals surface area contributed by atoms with Gasteiger partial charge in [-0.25, -0.2) is 0 Å². The Morgan fingerprint density at radius 2 is 1.69 bits per heavy atom. The molecule has 4 saturated carbocycles. The molecule has 4 rings (SSSR count). The van der Waals surface area contributed by atoms with Crippen molar-refractivity contribution in [2.75, 3.05) is 7.11 Å². The van der Waals surface area contributed by atoms with E-state index in [1.54, 1.807) is 0 Å². The molecule has 0 spiro atoms. The van der Waals surface area contributed by atoms with Gasteiger partial charge in [0.25, 0.3) is 0 Å². The largest absolute Gasteiger partial charge is 0.469 e. The zero-order valence-electron chi connectivity index (χ0n) is 18.9. The summed E-state index contributed by atoms with van der Waals surface area (Å²) in [6.45, 7) is 7.18. The van der Waals surface area contributed by atoms with Crippen molar-refractivity contribution in [2.45, 2.75) is 97.2 Å². The molecule has 4 aliphatic rings. The molecule has 0 aromatic carbocycles. The Kier molecular flexibility index (Phi) is 5.83. The number of aliphatic hydroxyl groups is 2. The number of hydrogen-bond acceptors (Lipinski definition) is 4. The number of esters is 1. The number of carbonyl (C=O) groups excluding carboxylic acids is 1. The fourth-order valence-electron chi connectivity index (χ4n) is 8.94. The van der Waals surface area contributed by atoms with E-state index >= 15 is 0 Å². The fraction of sp³-hybridized carbons (Fsp3) is 0.960. The van der Waals surface area contributed by atoms with Crippen molar-refractivity contribution in [3.8, 4) is 0 Å². The SMILES string of the molecule is COC(=O)CC[C@H](C)[C@H]1CC[C@@H]2[C@@H]3[C@H](O)[C@H](O)[C@@H]4CCCC[C@]4(C)[C@@H]3CC[C@@]21C. The van der Waals surface area contributed by atoms with Crippen LogP contribution >= 0.6 is 0 Å². The molecule has 4 heteroatoms. The second-order valence-electron chi connectivity index (χ2n) is 11.5. The summed E-state index contributed by atoms with van der Waals surface area (Å²) in [6, 6.07) is 0. The molecule has 0 radical (unpaired) electrons. The van der Waals surface area contributed by atoms with Crippen LogP contribution in [-0.2, 0) is 9.53 Å². The monoisotopic (exact) mass is 406 g/mol. The smallest absolute Gasteiger partial charge is 0.305 e. The molecule has 4 fully saturated rings. The van der Waals surface area contributed by atoms with Gasteiger partial charge < -0.3 is 14.9 Å². The van der Waals surface area contributed by atoms with Crippen LogP contribution in [0.15, 0.2) is 0 Å². The van der Waals surface area contributed by atoms with Crippen LogP contribution in [0.1, 0.15) is 85.0 Å². The van der Waals surface area contributed by atoms with E-state index in [4.69, 9.17) is 4.74 Å². The minimum absolute atomic E-state index is 0.109. The van der Waals surface area contributed by atoms with E-state index in [9.17, 15) is 15.0 Å². The third-order valence-corrected chi connectivity index (χ3v) is 10.5. The van der Waals surface area contributed by atoms with Gasteiger partial charge in [0, 0.05) is 6.42 Å². The van der Waals surface area contributed by atoms with Crippen molar-refractivity contribution in [2.24, 2.45) is 46.3 Å². The molecular weight excluding hydrogens is 364 g/mol. The van der Waals surface area contributed by atoms with Crippen LogP contribution in [0.2, 0.25) is 0 Å². The second-order valence-corrected chi connectivity index (χ2v) is 11.5. The molecule has 2 N–H and O–H groups in total. The molecule has 0 aromatic rings. The molecule has 0 saturated heterocycles. The number of fused-ring (bicyclic) bond motifs is 5. The first-order valence-corrected chi connectivity index (χ1v) is 12.2. The Bertz CT molecular complexity index is 620. The first-order chi connectivity index (χ1) is 13.7. The predicted octanol–water partition coefficient (Wildman–Crippen LogP) is 4.57. The van der Waals surface area contributed by atoms with Crippen LogP contribution in [0.5, 0.6) is 0 Å². The molecular formula is C25H42O4. The average Bonchev–Trinajstić information content (AvgIpc) is 3.06. The summed E-state index contributed by atoms with van der Waals surface area (Å²) in [5, 5.41) is 22.4. The Hall–Kier alpha value is -0.610. The molecule has 166 valence electrons. The predicted molar refractivity (Wildman–Crippen MR) is 113 cm³/mol. The first-order valence-electron chi connectivity index (χ1n) is 12.2. The Labute approximate surface area is 176 Å². The summed E-state index contributed by atoms with van der Waals surface area (Å²) in [6.07, 6.45) is 9.80. The molecule has 0 aliphatic heterocycles. The van der Waals surface area contributed by atoms with E-state index < -0.39 is 12.2 Å². The van der Waals surface area contributed by atoms with Gasteiger partial charge in [0.1, 0.15) is 0 Å². The average molecular weight is 407 g/mol. The molecule has 0 unspecified atom stereocenters. The van der Waals surface area contributed by atoms with Gasteiger partial charge in [-0.3, -0.25) is 4.79 Å². The van der Waals surface area contributed by atoms with Gasteiger partial charge >= 0.3 is 5.97 Å². The molecule has 4 nitrogen and oxygen atoms in total. The molecule has 10 atom stereocenters. The zero-order chi connectivity index (χ0) is 21.0. The van der Waals surface area contributed by atoms with E-state index in [0.29, 0.717) is 30.1 Å². The minimum Gasteiger partial charge on any atom is -0.469 e. The molecule has 0 aromatic heterocycles. The highest BCUT2D eigenvalue weighted by atomic mass is 16.5. The van der Waals surface area contributed by atoms with Crippen molar-refractivity contribution < 1.29 is 19.7 Å². The minimum atomic E-state index is -0.565. The lowest BCUT2D eigenvalue weighted by atomic mass is 9.43. The maximum Gasteiger partial charge on any atom is 0.305 e. The van der Waals surface area contributed by atoms with Gasteiger partial charge in [0.2, 0.25) is 0 Å². The number of methoxy groups -OCH3 is 1. The van der Waals surface area contributed by atoms with Crippen LogP contribution in [0.4, 0.5) is 0 Å². The van der Waals surface area contributed by atoms with Crippen molar-refractivity contribution in [3.63, 3.8) is 0 Å². The van der Waals surface area contributed by atoms with Gasteiger partial charge in [-0.2, -0.15) is 0 Å².